The van der Waals surface area contributed by atoms with Crippen LogP contribution in [0.5, 0.6) is 5.75 Å². The first-order valence-electron chi connectivity index (χ1n) is 7.91. The van der Waals surface area contributed by atoms with Crippen molar-refractivity contribution in [3.8, 4) is 5.75 Å². The lowest BCUT2D eigenvalue weighted by Gasteiger charge is -2.26. The highest BCUT2D eigenvalue weighted by molar-refractivity contribution is 5.77. The minimum absolute atomic E-state index is 0.244. The van der Waals surface area contributed by atoms with Gasteiger partial charge in [-0.25, -0.2) is 4.79 Å². The summed E-state index contributed by atoms with van der Waals surface area (Å²) in [6.07, 6.45) is 0.182. The van der Waals surface area contributed by atoms with Gasteiger partial charge in [0.15, 0.2) is 0 Å². The summed E-state index contributed by atoms with van der Waals surface area (Å²) in [5, 5.41) is 11.9. The van der Waals surface area contributed by atoms with Gasteiger partial charge in [-0.15, -0.1) is 0 Å². The van der Waals surface area contributed by atoms with Crippen LogP contribution in [0.3, 0.4) is 0 Å². The second-order valence-electron chi connectivity index (χ2n) is 5.94. The summed E-state index contributed by atoms with van der Waals surface area (Å²) in [7, 11) is 3.19. The topological polar surface area (TPSA) is 88.1 Å². The molecule has 3 unspecified atom stereocenters. The number of benzene rings is 1. The van der Waals surface area contributed by atoms with E-state index in [4.69, 9.17) is 14.6 Å². The van der Waals surface area contributed by atoms with Gasteiger partial charge in [0.1, 0.15) is 11.9 Å². The van der Waals surface area contributed by atoms with Crippen LogP contribution in [-0.4, -0.2) is 55.4 Å². The quantitative estimate of drug-likeness (QED) is 0.828. The van der Waals surface area contributed by atoms with E-state index in [0.717, 1.165) is 11.3 Å². The molecular formula is C17H24N2O5. The van der Waals surface area contributed by atoms with Crippen LogP contribution in [0.25, 0.3) is 0 Å². The molecule has 1 fully saturated rings. The molecule has 132 valence electrons. The Morgan fingerprint density at radius 3 is 2.46 bits per heavy atom. The van der Waals surface area contributed by atoms with E-state index in [1.165, 1.54) is 4.90 Å². The van der Waals surface area contributed by atoms with Crippen LogP contribution in [0.1, 0.15) is 25.0 Å². The molecule has 0 radical (unpaired) electrons. The molecule has 24 heavy (non-hydrogen) atoms. The van der Waals surface area contributed by atoms with Crippen molar-refractivity contribution >= 4 is 12.0 Å². The maximum Gasteiger partial charge on any atom is 0.317 e. The first kappa shape index (κ1) is 18.1. The van der Waals surface area contributed by atoms with Gasteiger partial charge < -0.3 is 24.8 Å². The van der Waals surface area contributed by atoms with Gasteiger partial charge in [0.05, 0.1) is 19.1 Å². The summed E-state index contributed by atoms with van der Waals surface area (Å²) in [5.74, 6) is -0.584. The van der Waals surface area contributed by atoms with Crippen molar-refractivity contribution < 1.29 is 24.2 Å². The van der Waals surface area contributed by atoms with Crippen molar-refractivity contribution in [1.29, 1.82) is 0 Å². The van der Waals surface area contributed by atoms with E-state index in [1.54, 1.807) is 14.2 Å². The number of urea groups is 1. The molecule has 0 spiro atoms. The predicted molar refractivity (Wildman–Crippen MR) is 88.1 cm³/mol. The van der Waals surface area contributed by atoms with E-state index in [0.29, 0.717) is 13.0 Å². The van der Waals surface area contributed by atoms with Gasteiger partial charge >= 0.3 is 12.0 Å². The fourth-order valence-corrected chi connectivity index (χ4v) is 2.93. The van der Waals surface area contributed by atoms with E-state index in [9.17, 15) is 9.59 Å². The largest absolute Gasteiger partial charge is 0.497 e. The molecule has 1 aromatic carbocycles. The minimum Gasteiger partial charge on any atom is -0.497 e. The van der Waals surface area contributed by atoms with Crippen LogP contribution >= 0.6 is 0 Å². The zero-order valence-corrected chi connectivity index (χ0v) is 14.2. The van der Waals surface area contributed by atoms with Crippen LogP contribution in [0, 0.1) is 5.92 Å². The zero-order valence-electron chi connectivity index (χ0n) is 14.2. The average molecular weight is 336 g/mol. The van der Waals surface area contributed by atoms with Crippen molar-refractivity contribution in [3.05, 3.63) is 29.8 Å². The predicted octanol–water partition coefficient (Wildman–Crippen LogP) is 1.89. The Morgan fingerprint density at radius 2 is 1.96 bits per heavy atom. The van der Waals surface area contributed by atoms with Crippen molar-refractivity contribution in [2.75, 3.05) is 27.3 Å². The number of rotatable bonds is 6. The minimum atomic E-state index is -0.855. The third-order valence-corrected chi connectivity index (χ3v) is 4.33. The monoisotopic (exact) mass is 336 g/mol. The third-order valence-electron chi connectivity index (χ3n) is 4.33. The number of carbonyl (C=O) groups excluding carboxylic acids is 1. The number of nitrogens with one attached hydrogen (secondary N) is 1. The smallest absolute Gasteiger partial charge is 0.317 e. The maximum absolute atomic E-state index is 12.3. The normalized spacial score (nSPS) is 19.6. The molecule has 1 aliphatic rings. The van der Waals surface area contributed by atoms with Crippen LogP contribution in [-0.2, 0) is 9.53 Å². The fraction of sp³-hybridized carbons (Fsp3) is 0.529. The molecule has 1 aromatic rings. The van der Waals surface area contributed by atoms with E-state index >= 15 is 0 Å². The molecule has 0 aromatic heterocycles. The molecule has 7 nitrogen and oxygen atoms in total. The Hall–Kier alpha value is -2.28. The Labute approximate surface area is 141 Å². The van der Waals surface area contributed by atoms with E-state index in [-0.39, 0.29) is 24.7 Å². The number of carboxylic acid groups (broad SMARTS) is 1. The SMILES string of the molecule is COc1ccc(C(OC)C(C)NC(=O)N2CCC(C(=O)O)C2)cc1. The van der Waals surface area contributed by atoms with E-state index in [1.807, 2.05) is 31.2 Å². The number of carboxylic acids is 1. The van der Waals surface area contributed by atoms with Gasteiger partial charge in [0.25, 0.3) is 0 Å². The molecule has 0 bridgehead atoms. The molecule has 3 atom stereocenters. The fourth-order valence-electron chi connectivity index (χ4n) is 2.93. The zero-order chi connectivity index (χ0) is 17.7. The Kier molecular flexibility index (Phi) is 6.03. The molecule has 1 saturated heterocycles. The third kappa shape index (κ3) is 4.17. The van der Waals surface area contributed by atoms with Gasteiger partial charge in [-0.05, 0) is 31.0 Å². The maximum atomic E-state index is 12.3. The molecule has 1 aliphatic heterocycles. The number of aliphatic carboxylic acids is 1. The van der Waals surface area contributed by atoms with Gasteiger partial charge in [0.2, 0.25) is 0 Å². The molecule has 2 N–H and O–H groups in total. The molecule has 1 heterocycles. The molecular weight excluding hydrogens is 312 g/mol. The van der Waals surface area contributed by atoms with Crippen molar-refractivity contribution in [2.24, 2.45) is 5.92 Å². The number of nitrogens with zero attached hydrogens (tertiary/aromatic N) is 1. The summed E-state index contributed by atoms with van der Waals surface area (Å²) in [6, 6.07) is 6.95. The summed E-state index contributed by atoms with van der Waals surface area (Å²) < 4.78 is 10.7. The van der Waals surface area contributed by atoms with E-state index in [2.05, 4.69) is 5.32 Å². The number of carbonyl (C=O) groups is 2. The van der Waals surface area contributed by atoms with Crippen molar-refractivity contribution in [3.63, 3.8) is 0 Å². The van der Waals surface area contributed by atoms with Gasteiger partial charge in [-0.3, -0.25) is 4.79 Å². The Bertz CT molecular complexity index is 575. The van der Waals surface area contributed by atoms with Crippen LogP contribution in [0.2, 0.25) is 0 Å². The summed E-state index contributed by atoms with van der Waals surface area (Å²) in [6.45, 7) is 2.56. The van der Waals surface area contributed by atoms with Gasteiger partial charge in [-0.2, -0.15) is 0 Å². The highest BCUT2D eigenvalue weighted by Gasteiger charge is 2.32. The summed E-state index contributed by atoms with van der Waals surface area (Å²) >= 11 is 0. The second-order valence-corrected chi connectivity index (χ2v) is 5.94. The van der Waals surface area contributed by atoms with Crippen LogP contribution < -0.4 is 10.1 Å². The summed E-state index contributed by atoms with van der Waals surface area (Å²) in [5.41, 5.74) is 0.927. The van der Waals surface area contributed by atoms with E-state index < -0.39 is 11.9 Å². The number of ether oxygens (including phenoxy) is 2. The van der Waals surface area contributed by atoms with Crippen molar-refractivity contribution in [1.82, 2.24) is 10.2 Å². The number of hydrogen-bond acceptors (Lipinski definition) is 4. The highest BCUT2D eigenvalue weighted by atomic mass is 16.5. The van der Waals surface area contributed by atoms with Gasteiger partial charge in [-0.1, -0.05) is 12.1 Å². The molecule has 0 saturated carbocycles. The number of methoxy groups -OCH3 is 2. The number of hydrogen-bond donors (Lipinski definition) is 2. The van der Waals surface area contributed by atoms with Gasteiger partial charge in [0, 0.05) is 20.2 Å². The number of amides is 2. The lowest BCUT2D eigenvalue weighted by atomic mass is 10.0. The molecule has 2 amide bonds. The number of likely N-dealkylation sites (tertiary alicyclic amines) is 1. The first-order valence-corrected chi connectivity index (χ1v) is 7.91. The molecule has 2 rings (SSSR count). The Morgan fingerprint density at radius 1 is 1.29 bits per heavy atom. The standard InChI is InChI=1S/C17H24N2O5/c1-11(15(24-3)12-4-6-14(23-2)7-5-12)18-17(22)19-9-8-13(10-19)16(20)21/h4-7,11,13,15H,8-10H2,1-3H3,(H,18,22)(H,20,21). The lowest BCUT2D eigenvalue weighted by Crippen LogP contribution is -2.45. The van der Waals surface area contributed by atoms with Crippen molar-refractivity contribution in [2.45, 2.75) is 25.5 Å². The first-order chi connectivity index (χ1) is 11.5. The highest BCUT2D eigenvalue weighted by Crippen LogP contribution is 2.24. The lowest BCUT2D eigenvalue weighted by molar-refractivity contribution is -0.141. The van der Waals surface area contributed by atoms with Crippen LogP contribution in [0.15, 0.2) is 24.3 Å². The van der Waals surface area contributed by atoms with Crippen LogP contribution in [0.4, 0.5) is 4.79 Å². The molecule has 7 heteroatoms. The average Bonchev–Trinajstić information content (AvgIpc) is 3.06. The second kappa shape index (κ2) is 8.01. The molecule has 0 aliphatic carbocycles. The summed E-state index contributed by atoms with van der Waals surface area (Å²) in [4.78, 5) is 24.9. The Balaban J connectivity index is 1.97.